The molecule has 0 saturated carbocycles. The predicted molar refractivity (Wildman–Crippen MR) is 162 cm³/mol. The molecule has 0 fully saturated rings. The monoisotopic (exact) mass is 562 g/mol. The molecule has 0 saturated heterocycles. The van der Waals surface area contributed by atoms with Crippen LogP contribution in [0.3, 0.4) is 0 Å². The summed E-state index contributed by atoms with van der Waals surface area (Å²) in [7, 11) is 1.30. The second-order valence-corrected chi connectivity index (χ2v) is 9.14. The third-order valence-corrected chi connectivity index (χ3v) is 6.51. The quantitative estimate of drug-likeness (QED) is 0.121. The van der Waals surface area contributed by atoms with Gasteiger partial charge >= 0.3 is 5.97 Å². The molecule has 4 rings (SSSR count). The van der Waals surface area contributed by atoms with Gasteiger partial charge in [0.2, 0.25) is 0 Å². The number of hydrogen-bond acceptors (Lipinski definition) is 6. The van der Waals surface area contributed by atoms with E-state index in [1.165, 1.54) is 7.11 Å². The Bertz CT molecular complexity index is 1470. The largest absolute Gasteiger partial charge is 0.489 e. The number of methoxy groups -OCH3 is 1. The van der Waals surface area contributed by atoms with E-state index in [0.717, 1.165) is 39.1 Å². The molecule has 40 heavy (non-hydrogen) atoms. The lowest BCUT2D eigenvalue weighted by Crippen LogP contribution is -2.43. The van der Waals surface area contributed by atoms with Crippen LogP contribution in [0.25, 0.3) is 32.7 Å². The molecule has 0 heterocycles. The molecule has 8 heteroatoms. The lowest BCUT2D eigenvalue weighted by Gasteiger charge is -2.20. The third kappa shape index (κ3) is 7.11. The van der Waals surface area contributed by atoms with E-state index >= 15 is 0 Å². The fourth-order valence-corrected chi connectivity index (χ4v) is 4.67. The molecule has 0 aromatic heterocycles. The maximum atomic E-state index is 12.9. The molecule has 0 aliphatic rings. The summed E-state index contributed by atoms with van der Waals surface area (Å²) in [5, 5.41) is 6.78. The van der Waals surface area contributed by atoms with Gasteiger partial charge in [0.1, 0.15) is 24.1 Å². The van der Waals surface area contributed by atoms with Gasteiger partial charge in [0.05, 0.1) is 7.11 Å². The molecule has 0 aliphatic carbocycles. The minimum atomic E-state index is -0.759. The summed E-state index contributed by atoms with van der Waals surface area (Å²) in [5.74, 6) is 0.302. The number of unbranched alkanes of at least 4 members (excludes halogenated alkanes) is 1. The molecular weight excluding hydrogens is 528 g/mol. The van der Waals surface area contributed by atoms with Gasteiger partial charge in [-0.15, -0.1) is 12.4 Å². The van der Waals surface area contributed by atoms with E-state index < -0.39 is 17.9 Å². The molecule has 0 spiro atoms. The number of esters is 1. The number of nitrogens with one attached hydrogen (secondary N) is 1. The van der Waals surface area contributed by atoms with Gasteiger partial charge < -0.3 is 25.3 Å². The maximum absolute atomic E-state index is 12.9. The number of carbonyl (C=O) groups excluding carboxylic acids is 2. The van der Waals surface area contributed by atoms with E-state index in [-0.39, 0.29) is 19.0 Å². The van der Waals surface area contributed by atoms with Crippen LogP contribution in [-0.4, -0.2) is 44.8 Å². The van der Waals surface area contributed by atoms with Crippen LogP contribution in [0.5, 0.6) is 11.5 Å². The summed E-state index contributed by atoms with van der Waals surface area (Å²) < 4.78 is 17.1. The zero-order chi connectivity index (χ0) is 27.6. The minimum Gasteiger partial charge on any atom is -0.489 e. The van der Waals surface area contributed by atoms with Crippen LogP contribution < -0.4 is 20.5 Å². The van der Waals surface area contributed by atoms with Gasteiger partial charge in [0.15, 0.2) is 6.61 Å². The fraction of sp³-hybridized carbons (Fsp3) is 0.250. The van der Waals surface area contributed by atoms with Crippen LogP contribution in [0.15, 0.2) is 85.5 Å². The highest BCUT2D eigenvalue weighted by molar-refractivity contribution is 6.09. The van der Waals surface area contributed by atoms with E-state index in [1.807, 2.05) is 72.8 Å². The van der Waals surface area contributed by atoms with Gasteiger partial charge in [0.25, 0.3) is 5.91 Å². The number of rotatable bonds is 13. The van der Waals surface area contributed by atoms with Gasteiger partial charge in [-0.2, -0.15) is 0 Å². The summed E-state index contributed by atoms with van der Waals surface area (Å²) in [6, 6.07) is 23.1. The van der Waals surface area contributed by atoms with Crippen LogP contribution in [0.1, 0.15) is 19.3 Å². The zero-order valence-electron chi connectivity index (χ0n) is 22.6. The Morgan fingerprint density at radius 1 is 0.875 bits per heavy atom. The second kappa shape index (κ2) is 14.9. The highest BCUT2D eigenvalue weighted by atomic mass is 35.5. The summed E-state index contributed by atoms with van der Waals surface area (Å²) in [4.78, 5) is 25.1. The molecule has 7 nitrogen and oxygen atoms in total. The zero-order valence-corrected chi connectivity index (χ0v) is 23.4. The van der Waals surface area contributed by atoms with Crippen LogP contribution in [0.2, 0.25) is 0 Å². The van der Waals surface area contributed by atoms with Crippen molar-refractivity contribution in [1.29, 1.82) is 0 Å². The Hall–Kier alpha value is -4.07. The lowest BCUT2D eigenvalue weighted by molar-refractivity contribution is -0.145. The average molecular weight is 563 g/mol. The first-order chi connectivity index (χ1) is 19.1. The Labute approximate surface area is 240 Å². The van der Waals surface area contributed by atoms with Crippen molar-refractivity contribution in [2.24, 2.45) is 5.73 Å². The van der Waals surface area contributed by atoms with Gasteiger partial charge in [-0.1, -0.05) is 73.3 Å². The SMILES string of the molecule is C=CCOc1ccc2ccccc2c1-c1c(OCC(=O)N[C@H](CCCCN)C(=O)OC)ccc2ccccc12.Cl. The highest BCUT2D eigenvalue weighted by Gasteiger charge is 2.23. The number of fused-ring (bicyclic) bond motifs is 2. The van der Waals surface area contributed by atoms with E-state index in [2.05, 4.69) is 11.9 Å². The summed E-state index contributed by atoms with van der Waals surface area (Å²) in [6.45, 7) is 4.37. The van der Waals surface area contributed by atoms with Crippen LogP contribution in [0.4, 0.5) is 0 Å². The lowest BCUT2D eigenvalue weighted by atomic mass is 9.92. The Morgan fingerprint density at radius 2 is 1.45 bits per heavy atom. The molecule has 0 unspecified atom stereocenters. The Kier molecular flexibility index (Phi) is 11.4. The molecule has 1 amide bonds. The van der Waals surface area contributed by atoms with Crippen molar-refractivity contribution in [2.75, 3.05) is 26.9 Å². The van der Waals surface area contributed by atoms with E-state index in [4.69, 9.17) is 19.9 Å². The Morgan fingerprint density at radius 3 is 2.00 bits per heavy atom. The number of hydrogen-bond donors (Lipinski definition) is 2. The Balaban J connectivity index is 0.00000441. The summed E-state index contributed by atoms with van der Waals surface area (Å²) >= 11 is 0. The number of nitrogens with two attached hydrogens (primary N) is 1. The molecule has 3 N–H and O–H groups in total. The van der Waals surface area contributed by atoms with Crippen molar-refractivity contribution in [2.45, 2.75) is 25.3 Å². The maximum Gasteiger partial charge on any atom is 0.328 e. The smallest absolute Gasteiger partial charge is 0.328 e. The standard InChI is InChI=1S/C32H34N2O5.ClH/c1-3-20-38-27-17-15-22-10-4-6-12-24(22)30(27)31-25-13-7-5-11-23(25)16-18-28(31)39-21-29(35)34-26(32(36)37-2)14-8-9-19-33;/h3-7,10-13,15-18,26H,1,8-9,14,19-21,33H2,2H3,(H,34,35);1H/t26-;/m1./s1. The average Bonchev–Trinajstić information content (AvgIpc) is 2.97. The van der Waals surface area contributed by atoms with Gasteiger partial charge in [0, 0.05) is 11.1 Å². The van der Waals surface area contributed by atoms with E-state index in [1.54, 1.807) is 6.08 Å². The molecule has 4 aromatic rings. The van der Waals surface area contributed by atoms with E-state index in [9.17, 15) is 9.59 Å². The van der Waals surface area contributed by atoms with Gasteiger partial charge in [-0.25, -0.2) is 4.79 Å². The first kappa shape index (κ1) is 30.5. The molecular formula is C32H35ClN2O5. The fourth-order valence-electron chi connectivity index (χ4n) is 4.67. The van der Waals surface area contributed by atoms with Crippen LogP contribution in [-0.2, 0) is 14.3 Å². The molecule has 0 bridgehead atoms. The highest BCUT2D eigenvalue weighted by Crippen LogP contribution is 2.45. The molecule has 4 aromatic carbocycles. The first-order valence-corrected chi connectivity index (χ1v) is 13.0. The van der Waals surface area contributed by atoms with Crippen molar-refractivity contribution in [1.82, 2.24) is 5.32 Å². The molecule has 0 radical (unpaired) electrons. The molecule has 210 valence electrons. The van der Waals surface area contributed by atoms with Crippen molar-refractivity contribution < 1.29 is 23.8 Å². The minimum absolute atomic E-state index is 0. The number of amides is 1. The van der Waals surface area contributed by atoms with Crippen molar-refractivity contribution in [3.05, 3.63) is 85.5 Å². The normalized spacial score (nSPS) is 11.3. The van der Waals surface area contributed by atoms with Crippen LogP contribution >= 0.6 is 12.4 Å². The molecule has 0 aliphatic heterocycles. The van der Waals surface area contributed by atoms with E-state index in [0.29, 0.717) is 37.5 Å². The number of halogens is 1. The summed E-state index contributed by atoms with van der Waals surface area (Å²) in [6.07, 6.45) is 3.59. The molecule has 1 atom stereocenters. The van der Waals surface area contributed by atoms with Crippen molar-refractivity contribution >= 4 is 45.8 Å². The topological polar surface area (TPSA) is 99.9 Å². The first-order valence-electron chi connectivity index (χ1n) is 13.0. The number of benzene rings is 4. The van der Waals surface area contributed by atoms with Gasteiger partial charge in [-0.3, -0.25) is 4.79 Å². The third-order valence-electron chi connectivity index (χ3n) is 6.51. The number of ether oxygens (including phenoxy) is 3. The predicted octanol–water partition coefficient (Wildman–Crippen LogP) is 5.81. The van der Waals surface area contributed by atoms with Crippen molar-refractivity contribution in [3.8, 4) is 22.6 Å². The van der Waals surface area contributed by atoms with Gasteiger partial charge in [-0.05, 0) is 59.5 Å². The summed E-state index contributed by atoms with van der Waals surface area (Å²) in [5.41, 5.74) is 7.27. The number of carbonyl (C=O) groups is 2. The van der Waals surface area contributed by atoms with Crippen molar-refractivity contribution in [3.63, 3.8) is 0 Å². The second-order valence-electron chi connectivity index (χ2n) is 9.14. The van der Waals surface area contributed by atoms with Crippen LogP contribution in [0, 0.1) is 0 Å².